The third kappa shape index (κ3) is 4.07. The minimum absolute atomic E-state index is 0.240. The number of piperazine rings is 1. The van der Waals surface area contributed by atoms with Crippen LogP contribution >= 0.6 is 0 Å². The Balaban J connectivity index is 1.27. The number of anilines is 1. The Labute approximate surface area is 217 Å². The van der Waals surface area contributed by atoms with Crippen molar-refractivity contribution in [3.8, 4) is 17.2 Å². The molecule has 4 aliphatic rings. The first-order valence-corrected chi connectivity index (χ1v) is 13.7. The maximum absolute atomic E-state index is 13.0. The lowest BCUT2D eigenvalue weighted by atomic mass is 9.96. The summed E-state index contributed by atoms with van der Waals surface area (Å²) in [5.41, 5.74) is 4.69. The predicted molar refractivity (Wildman–Crippen MR) is 145 cm³/mol. The molecule has 3 heterocycles. The van der Waals surface area contributed by atoms with Crippen LogP contribution in [-0.2, 0) is 4.79 Å². The third-order valence-corrected chi connectivity index (χ3v) is 8.51. The number of aromatic nitrogens is 2. The van der Waals surface area contributed by atoms with Crippen LogP contribution in [0.5, 0.6) is 0 Å². The molecule has 0 spiro atoms. The molecule has 2 aromatic heterocycles. The normalized spacial score (nSPS) is 21.6. The Hall–Kier alpha value is -3.72. The van der Waals surface area contributed by atoms with Gasteiger partial charge in [0.1, 0.15) is 11.9 Å². The van der Waals surface area contributed by atoms with Crippen molar-refractivity contribution in [2.45, 2.75) is 50.5 Å². The summed E-state index contributed by atoms with van der Waals surface area (Å²) in [7, 11) is 0. The number of nitriles is 1. The third-order valence-electron chi connectivity index (χ3n) is 8.51. The van der Waals surface area contributed by atoms with Crippen LogP contribution in [0, 0.1) is 23.2 Å². The van der Waals surface area contributed by atoms with Crippen molar-refractivity contribution in [3.05, 3.63) is 60.1 Å². The van der Waals surface area contributed by atoms with Crippen LogP contribution in [0.25, 0.3) is 28.0 Å². The molecule has 3 aliphatic carbocycles. The zero-order valence-electron chi connectivity index (χ0n) is 21.1. The van der Waals surface area contributed by atoms with Crippen LogP contribution in [-0.4, -0.2) is 46.5 Å². The molecule has 1 amide bonds. The first-order valence-electron chi connectivity index (χ1n) is 13.7. The van der Waals surface area contributed by atoms with Crippen LogP contribution in [0.3, 0.4) is 0 Å². The number of fused-ring (bicyclic) bond motifs is 1. The molecule has 0 radical (unpaired) electrons. The van der Waals surface area contributed by atoms with Crippen molar-refractivity contribution in [1.29, 1.82) is 5.26 Å². The average molecular weight is 490 g/mol. The van der Waals surface area contributed by atoms with E-state index in [1.54, 1.807) is 6.08 Å². The molecule has 0 N–H and O–H groups in total. The molecule has 6 heteroatoms. The monoisotopic (exact) mass is 489 g/mol. The fraction of sp³-hybridized carbons (Fsp3) is 0.419. The Morgan fingerprint density at radius 1 is 1.08 bits per heavy atom. The van der Waals surface area contributed by atoms with Crippen molar-refractivity contribution in [3.63, 3.8) is 0 Å². The summed E-state index contributed by atoms with van der Waals surface area (Å²) in [6, 6.07) is 13.2. The minimum Gasteiger partial charge on any atom is -0.352 e. The van der Waals surface area contributed by atoms with E-state index in [2.05, 4.69) is 51.7 Å². The number of hydrogen-bond acceptors (Lipinski definition) is 5. The van der Waals surface area contributed by atoms with E-state index in [4.69, 9.17) is 4.98 Å². The fourth-order valence-corrected chi connectivity index (χ4v) is 5.99. The quantitative estimate of drug-likeness (QED) is 0.455. The average Bonchev–Trinajstić information content (AvgIpc) is 3.80. The highest BCUT2D eigenvalue weighted by Gasteiger charge is 2.45. The van der Waals surface area contributed by atoms with Gasteiger partial charge >= 0.3 is 0 Å². The lowest BCUT2D eigenvalue weighted by molar-refractivity contribution is -0.135. The lowest BCUT2D eigenvalue weighted by Crippen LogP contribution is -2.57. The predicted octanol–water partition coefficient (Wildman–Crippen LogP) is 5.53. The molecule has 186 valence electrons. The number of rotatable bonds is 6. The van der Waals surface area contributed by atoms with E-state index in [0.29, 0.717) is 23.3 Å². The molecule has 1 saturated heterocycles. The highest BCUT2D eigenvalue weighted by Crippen LogP contribution is 2.46. The number of pyridine rings is 2. The van der Waals surface area contributed by atoms with Crippen LogP contribution in [0.1, 0.15) is 61.4 Å². The number of benzene rings is 1. The molecule has 1 atom stereocenters. The van der Waals surface area contributed by atoms with Gasteiger partial charge in [0, 0.05) is 48.6 Å². The van der Waals surface area contributed by atoms with Crippen LogP contribution in [0.4, 0.5) is 5.82 Å². The molecule has 37 heavy (non-hydrogen) atoms. The number of hydrogen-bond donors (Lipinski definition) is 0. The van der Waals surface area contributed by atoms with Gasteiger partial charge < -0.3 is 9.80 Å². The zero-order valence-corrected chi connectivity index (χ0v) is 21.1. The van der Waals surface area contributed by atoms with Crippen molar-refractivity contribution >= 4 is 28.6 Å². The molecule has 0 bridgehead atoms. The summed E-state index contributed by atoms with van der Waals surface area (Å²) in [6.45, 7) is 6.17. The molecule has 4 fully saturated rings. The Kier molecular flexibility index (Phi) is 5.28. The van der Waals surface area contributed by atoms with Gasteiger partial charge in [-0.3, -0.25) is 9.78 Å². The molecule has 1 aromatic carbocycles. The summed E-state index contributed by atoms with van der Waals surface area (Å²) in [6.07, 6.45) is 10.3. The maximum atomic E-state index is 13.0. The smallest absolute Gasteiger partial charge is 0.226 e. The second-order valence-corrected chi connectivity index (χ2v) is 11.2. The maximum Gasteiger partial charge on any atom is 0.226 e. The summed E-state index contributed by atoms with van der Waals surface area (Å²) < 4.78 is 0. The van der Waals surface area contributed by atoms with Crippen molar-refractivity contribution in [1.82, 2.24) is 14.9 Å². The zero-order chi connectivity index (χ0) is 25.1. The Morgan fingerprint density at radius 2 is 1.92 bits per heavy atom. The standard InChI is InChI=1S/C31H31N5O/c1-2-27-25-15-23(10-3-19(25)11-12-33-27)26-16-24(17-32)30(34-29(26)21-6-7-21)35-13-14-36(31(37)22-8-9-22)28(18-35)20-4-5-20/h2-3,10-12,15-16,20-22,28H,1,4-9,13-14,18H2/t28-/m0/s1. The molecular weight excluding hydrogens is 458 g/mol. The van der Waals surface area contributed by atoms with Crippen LogP contribution in [0.15, 0.2) is 43.1 Å². The van der Waals surface area contributed by atoms with E-state index in [-0.39, 0.29) is 12.0 Å². The van der Waals surface area contributed by atoms with Crippen LogP contribution in [0.2, 0.25) is 0 Å². The highest BCUT2D eigenvalue weighted by molar-refractivity contribution is 5.93. The summed E-state index contributed by atoms with van der Waals surface area (Å²) in [4.78, 5) is 27.1. The summed E-state index contributed by atoms with van der Waals surface area (Å²) in [5.74, 6) is 2.42. The topological polar surface area (TPSA) is 73.1 Å². The lowest BCUT2D eigenvalue weighted by Gasteiger charge is -2.43. The van der Waals surface area contributed by atoms with Crippen molar-refractivity contribution in [2.75, 3.05) is 24.5 Å². The van der Waals surface area contributed by atoms with Crippen molar-refractivity contribution in [2.24, 2.45) is 11.8 Å². The van der Waals surface area contributed by atoms with Gasteiger partial charge in [0.05, 0.1) is 23.0 Å². The number of carbonyl (C=O) groups excluding carboxylic acids is 1. The van der Waals surface area contributed by atoms with Gasteiger partial charge in [-0.2, -0.15) is 5.26 Å². The molecule has 0 unspecified atom stereocenters. The summed E-state index contributed by atoms with van der Waals surface area (Å²) in [5, 5.41) is 12.4. The Morgan fingerprint density at radius 3 is 2.62 bits per heavy atom. The largest absolute Gasteiger partial charge is 0.352 e. The molecule has 3 saturated carbocycles. The molecule has 1 aliphatic heterocycles. The van der Waals surface area contributed by atoms with E-state index in [9.17, 15) is 10.1 Å². The van der Waals surface area contributed by atoms with E-state index in [1.807, 2.05) is 12.3 Å². The van der Waals surface area contributed by atoms with Crippen LogP contribution < -0.4 is 4.90 Å². The fourth-order valence-electron chi connectivity index (χ4n) is 5.99. The van der Waals surface area contributed by atoms with Gasteiger partial charge in [0.15, 0.2) is 0 Å². The first kappa shape index (κ1) is 22.5. The Bertz CT molecular complexity index is 1460. The van der Waals surface area contributed by atoms with Gasteiger partial charge in [-0.15, -0.1) is 0 Å². The molecule has 3 aromatic rings. The van der Waals surface area contributed by atoms with E-state index in [0.717, 1.165) is 84.4 Å². The van der Waals surface area contributed by atoms with E-state index in [1.165, 1.54) is 12.8 Å². The number of nitrogens with zero attached hydrogens (tertiary/aromatic N) is 5. The van der Waals surface area contributed by atoms with Gasteiger partial charge in [0.2, 0.25) is 5.91 Å². The van der Waals surface area contributed by atoms with Gasteiger partial charge in [0.25, 0.3) is 0 Å². The number of amides is 1. The second kappa shape index (κ2) is 8.69. The summed E-state index contributed by atoms with van der Waals surface area (Å²) >= 11 is 0. The molecule has 6 nitrogen and oxygen atoms in total. The molecular formula is C31H31N5O. The minimum atomic E-state index is 0.240. The highest BCUT2D eigenvalue weighted by atomic mass is 16.2. The second-order valence-electron chi connectivity index (χ2n) is 11.2. The van der Waals surface area contributed by atoms with Crippen molar-refractivity contribution < 1.29 is 4.79 Å². The van der Waals surface area contributed by atoms with Gasteiger partial charge in [-0.1, -0.05) is 18.7 Å². The van der Waals surface area contributed by atoms with E-state index >= 15 is 0 Å². The SMILES string of the molecule is C=Cc1nccc2ccc(-c3cc(C#N)c(N4CCN(C(=O)C5CC5)[C@H](C5CC5)C4)nc3C3CC3)cc12. The van der Waals surface area contributed by atoms with E-state index < -0.39 is 0 Å². The van der Waals surface area contributed by atoms with Gasteiger partial charge in [-0.05, 0) is 79.7 Å². The molecule has 7 rings (SSSR count). The first-order chi connectivity index (χ1) is 18.1. The van der Waals surface area contributed by atoms with Gasteiger partial charge in [-0.25, -0.2) is 4.98 Å². The number of carbonyl (C=O) groups is 1.